The van der Waals surface area contributed by atoms with E-state index in [-0.39, 0.29) is 5.41 Å². The Morgan fingerprint density at radius 1 is 1.29 bits per heavy atom. The number of hydrogen-bond acceptors (Lipinski definition) is 2. The Labute approximate surface area is 114 Å². The summed E-state index contributed by atoms with van der Waals surface area (Å²) in [6.07, 6.45) is -0.837. The Bertz CT molecular complexity index is 385. The first-order valence-electron chi connectivity index (χ1n) is 5.66. The fraction of sp³-hybridized carbons (Fsp3) is 0.538. The summed E-state index contributed by atoms with van der Waals surface area (Å²) in [7, 11) is -0.916. The molecule has 0 bridgehead atoms. The number of rotatable bonds is 3. The first-order chi connectivity index (χ1) is 7.71. The van der Waals surface area contributed by atoms with Gasteiger partial charge in [0.05, 0.1) is 0 Å². The summed E-state index contributed by atoms with van der Waals surface area (Å²) in [5.41, 5.74) is 2.07. The van der Waals surface area contributed by atoms with Crippen molar-refractivity contribution in [3.8, 4) is 0 Å². The summed E-state index contributed by atoms with van der Waals surface area (Å²) in [5.74, 6) is 0. The van der Waals surface area contributed by atoms with Gasteiger partial charge in [-0.05, 0) is 36.2 Å². The lowest BCUT2D eigenvalue weighted by Crippen LogP contribution is -2.16. The number of benzene rings is 1. The highest BCUT2D eigenvalue weighted by Crippen LogP contribution is 2.30. The van der Waals surface area contributed by atoms with Crippen molar-refractivity contribution < 1.29 is 9.53 Å². The van der Waals surface area contributed by atoms with Crippen LogP contribution in [0.15, 0.2) is 22.7 Å². The monoisotopic (exact) mass is 315 g/mol. The van der Waals surface area contributed by atoms with E-state index in [1.165, 1.54) is 5.56 Å². The summed E-state index contributed by atoms with van der Waals surface area (Å²) in [6.45, 7) is 10.5. The number of hydrogen-bond donors (Lipinski definition) is 1. The van der Waals surface area contributed by atoms with E-state index in [1.54, 1.807) is 0 Å². The third-order valence-corrected chi connectivity index (χ3v) is 3.89. The highest BCUT2D eigenvalue weighted by atomic mass is 79.9. The molecule has 1 aromatic rings. The Balaban J connectivity index is 3.06. The van der Waals surface area contributed by atoms with Gasteiger partial charge in [-0.1, -0.05) is 42.8 Å². The van der Waals surface area contributed by atoms with Crippen LogP contribution in [-0.4, -0.2) is 14.1 Å². The zero-order chi connectivity index (χ0) is 13.2. The molecule has 0 fully saturated rings. The summed E-state index contributed by atoms with van der Waals surface area (Å²) in [4.78, 5) is 0. The van der Waals surface area contributed by atoms with Crippen molar-refractivity contribution in [3.05, 3.63) is 33.8 Å². The van der Waals surface area contributed by atoms with E-state index in [4.69, 9.17) is 4.43 Å². The summed E-state index contributed by atoms with van der Waals surface area (Å²) in [5, 5.41) is 10.0. The zero-order valence-corrected chi connectivity index (χ0v) is 13.6. The van der Waals surface area contributed by atoms with Crippen LogP contribution in [0.4, 0.5) is 0 Å². The molecular weight excluding hydrogens is 296 g/mol. The van der Waals surface area contributed by atoms with E-state index in [2.05, 4.69) is 42.8 Å². The van der Waals surface area contributed by atoms with Gasteiger partial charge in [-0.2, -0.15) is 0 Å². The lowest BCUT2D eigenvalue weighted by Gasteiger charge is -2.22. The molecular formula is C13H20BrO2Si. The maximum absolute atomic E-state index is 10.0. The van der Waals surface area contributed by atoms with Gasteiger partial charge in [0.25, 0.3) is 0 Å². The van der Waals surface area contributed by atoms with Gasteiger partial charge in [-0.3, -0.25) is 0 Å². The Hall–Kier alpha value is -0.163. The molecule has 17 heavy (non-hydrogen) atoms. The molecule has 1 radical (unpaired) electrons. The molecule has 0 aliphatic carbocycles. The second-order valence-corrected chi connectivity index (χ2v) is 8.27. The quantitative estimate of drug-likeness (QED) is 0.674. The van der Waals surface area contributed by atoms with Crippen LogP contribution in [0.3, 0.4) is 0 Å². The van der Waals surface area contributed by atoms with Crippen molar-refractivity contribution in [2.24, 2.45) is 0 Å². The second-order valence-electron chi connectivity index (χ2n) is 5.36. The van der Waals surface area contributed by atoms with Crippen LogP contribution in [0.1, 0.15) is 38.2 Å². The fourth-order valence-corrected chi connectivity index (χ4v) is 2.50. The van der Waals surface area contributed by atoms with Crippen LogP contribution in [0.5, 0.6) is 0 Å². The lowest BCUT2D eigenvalue weighted by molar-refractivity contribution is -0.0218. The van der Waals surface area contributed by atoms with Crippen LogP contribution in [-0.2, 0) is 9.84 Å². The molecule has 0 amide bonds. The second kappa shape index (κ2) is 5.65. The predicted octanol–water partition coefficient (Wildman–Crippen LogP) is 4.01. The van der Waals surface area contributed by atoms with E-state index < -0.39 is 15.3 Å². The number of halogens is 1. The Morgan fingerprint density at radius 2 is 1.88 bits per heavy atom. The van der Waals surface area contributed by atoms with Crippen LogP contribution in [0.2, 0.25) is 13.1 Å². The molecule has 0 aliphatic heterocycles. The smallest absolute Gasteiger partial charge is 0.208 e. The molecule has 0 heterocycles. The van der Waals surface area contributed by atoms with Crippen molar-refractivity contribution in [2.75, 3.05) is 0 Å². The van der Waals surface area contributed by atoms with Gasteiger partial charge < -0.3 is 9.53 Å². The summed E-state index contributed by atoms with van der Waals surface area (Å²) >= 11 is 3.46. The third kappa shape index (κ3) is 4.21. The van der Waals surface area contributed by atoms with Crippen molar-refractivity contribution in [2.45, 2.75) is 45.6 Å². The van der Waals surface area contributed by atoms with Gasteiger partial charge >= 0.3 is 0 Å². The first-order valence-corrected chi connectivity index (χ1v) is 8.86. The number of aliphatic hydroxyl groups excluding tert-OH is 1. The van der Waals surface area contributed by atoms with Crippen molar-refractivity contribution in [1.82, 2.24) is 0 Å². The van der Waals surface area contributed by atoms with Crippen LogP contribution >= 0.6 is 15.9 Å². The molecule has 0 aliphatic rings. The zero-order valence-electron chi connectivity index (χ0n) is 11.0. The van der Waals surface area contributed by atoms with Gasteiger partial charge in [0, 0.05) is 10.0 Å². The minimum Gasteiger partial charge on any atom is -0.389 e. The van der Waals surface area contributed by atoms with E-state index in [0.29, 0.717) is 0 Å². The molecule has 0 saturated heterocycles. The van der Waals surface area contributed by atoms with E-state index in [9.17, 15) is 5.11 Å². The normalized spacial score (nSPS) is 14.1. The van der Waals surface area contributed by atoms with Gasteiger partial charge in [0.1, 0.15) is 0 Å². The minimum absolute atomic E-state index is 0.0708. The minimum atomic E-state index is -0.916. The molecule has 0 spiro atoms. The molecule has 2 nitrogen and oxygen atoms in total. The summed E-state index contributed by atoms with van der Waals surface area (Å²) in [6, 6.07) is 6.06. The molecule has 1 atom stereocenters. The van der Waals surface area contributed by atoms with Crippen molar-refractivity contribution in [1.29, 1.82) is 0 Å². The van der Waals surface area contributed by atoms with Gasteiger partial charge in [0.15, 0.2) is 6.29 Å². The van der Waals surface area contributed by atoms with Crippen molar-refractivity contribution in [3.63, 3.8) is 0 Å². The van der Waals surface area contributed by atoms with Crippen LogP contribution in [0.25, 0.3) is 0 Å². The molecule has 0 saturated carbocycles. The Kier molecular flexibility index (Phi) is 4.95. The van der Waals surface area contributed by atoms with Crippen molar-refractivity contribution >= 4 is 25.0 Å². The topological polar surface area (TPSA) is 29.5 Å². The third-order valence-electron chi connectivity index (χ3n) is 2.48. The maximum atomic E-state index is 10.0. The molecule has 1 aromatic carbocycles. The average Bonchev–Trinajstić information content (AvgIpc) is 2.15. The van der Waals surface area contributed by atoms with Gasteiger partial charge in [-0.25, -0.2) is 0 Å². The maximum Gasteiger partial charge on any atom is 0.208 e. The highest BCUT2D eigenvalue weighted by molar-refractivity contribution is 9.10. The molecule has 4 heteroatoms. The standard InChI is InChI=1S/C13H20BrO2Si/c1-13(2,3)9-6-7-11(14)10(8-9)12(15)16-17(4)5/h6-8,12,15H,1-5H3. The molecule has 95 valence electrons. The predicted molar refractivity (Wildman–Crippen MR) is 76.4 cm³/mol. The van der Waals surface area contributed by atoms with Crippen LogP contribution < -0.4 is 0 Å². The lowest BCUT2D eigenvalue weighted by atomic mass is 9.86. The van der Waals surface area contributed by atoms with Crippen LogP contribution in [0, 0.1) is 0 Å². The average molecular weight is 316 g/mol. The van der Waals surface area contributed by atoms with E-state index in [0.717, 1.165) is 10.0 Å². The fourth-order valence-electron chi connectivity index (χ4n) is 1.49. The highest BCUT2D eigenvalue weighted by Gasteiger charge is 2.19. The molecule has 1 rings (SSSR count). The molecule has 1 N–H and O–H groups in total. The number of aliphatic hydroxyl groups is 1. The molecule has 0 aromatic heterocycles. The molecule has 1 unspecified atom stereocenters. The van der Waals surface area contributed by atoms with E-state index in [1.807, 2.05) is 25.2 Å². The van der Waals surface area contributed by atoms with Gasteiger partial charge in [-0.15, -0.1) is 0 Å². The van der Waals surface area contributed by atoms with Gasteiger partial charge in [0.2, 0.25) is 9.04 Å². The Morgan fingerprint density at radius 3 is 2.35 bits per heavy atom. The first kappa shape index (κ1) is 14.9. The van der Waals surface area contributed by atoms with E-state index >= 15 is 0 Å². The SMILES string of the molecule is C[Si](C)OC(O)c1cc(C(C)(C)C)ccc1Br. The largest absolute Gasteiger partial charge is 0.389 e. The summed E-state index contributed by atoms with van der Waals surface area (Å²) < 4.78 is 6.40.